The third-order valence-electron chi connectivity index (χ3n) is 4.81. The first-order valence-corrected chi connectivity index (χ1v) is 8.47. The van der Waals surface area contributed by atoms with Crippen LogP contribution in [0.25, 0.3) is 0 Å². The van der Waals surface area contributed by atoms with Crippen molar-refractivity contribution >= 4 is 30.1 Å². The number of rotatable bonds is 4. The van der Waals surface area contributed by atoms with E-state index in [4.69, 9.17) is 0 Å². The van der Waals surface area contributed by atoms with Gasteiger partial charge in [-0.2, -0.15) is 0 Å². The van der Waals surface area contributed by atoms with E-state index in [1.807, 2.05) is 24.1 Å². The zero-order chi connectivity index (χ0) is 17.1. The molecule has 0 aromatic heterocycles. The molecule has 1 aromatic carbocycles. The molecule has 1 atom stereocenters. The van der Waals surface area contributed by atoms with Gasteiger partial charge in [0.2, 0.25) is 11.8 Å². The Morgan fingerprint density at radius 2 is 1.80 bits per heavy atom. The van der Waals surface area contributed by atoms with E-state index in [1.54, 1.807) is 12.1 Å². The quantitative estimate of drug-likeness (QED) is 0.822. The molecular weight excluding hydrogens is 342 g/mol. The van der Waals surface area contributed by atoms with Crippen LogP contribution in [-0.2, 0) is 16.1 Å². The van der Waals surface area contributed by atoms with Crippen LogP contribution < -0.4 is 5.32 Å². The molecule has 2 saturated heterocycles. The van der Waals surface area contributed by atoms with Gasteiger partial charge in [-0.3, -0.25) is 19.3 Å². The maximum atomic E-state index is 12.6. The molecule has 0 spiro atoms. The number of amides is 3. The number of nitrogens with zero attached hydrogens (tertiary/aromatic N) is 2. The fourth-order valence-electron chi connectivity index (χ4n) is 3.31. The lowest BCUT2D eigenvalue weighted by molar-refractivity contribution is -0.139. The largest absolute Gasteiger partial charge is 0.337 e. The Labute approximate surface area is 154 Å². The lowest BCUT2D eigenvalue weighted by Crippen LogP contribution is -2.46. The van der Waals surface area contributed by atoms with Gasteiger partial charge in [-0.05, 0) is 37.6 Å². The van der Waals surface area contributed by atoms with Gasteiger partial charge in [-0.25, -0.2) is 0 Å². The van der Waals surface area contributed by atoms with Gasteiger partial charge in [0.1, 0.15) is 0 Å². The van der Waals surface area contributed by atoms with Gasteiger partial charge >= 0.3 is 0 Å². The van der Waals surface area contributed by atoms with E-state index in [0.29, 0.717) is 24.4 Å². The molecule has 1 unspecified atom stereocenters. The third kappa shape index (κ3) is 4.38. The van der Waals surface area contributed by atoms with Crippen molar-refractivity contribution in [2.24, 2.45) is 0 Å². The van der Waals surface area contributed by atoms with Crippen molar-refractivity contribution in [2.75, 3.05) is 20.1 Å². The number of halogens is 1. The van der Waals surface area contributed by atoms with E-state index in [2.05, 4.69) is 5.32 Å². The lowest BCUT2D eigenvalue weighted by Gasteiger charge is -2.32. The standard InChI is InChI=1S/C18H23N3O3.ClH/c1-19-15-3-2-10-20(12-15)18(24)14-6-4-13(5-7-14)11-21-16(22)8-9-17(21)23;/h4-7,15,19H,2-3,8-12H2,1H3;1H. The smallest absolute Gasteiger partial charge is 0.253 e. The number of benzene rings is 1. The topological polar surface area (TPSA) is 69.7 Å². The molecule has 0 aliphatic carbocycles. The van der Waals surface area contributed by atoms with Gasteiger partial charge in [-0.1, -0.05) is 12.1 Å². The normalized spacial score (nSPS) is 20.6. The van der Waals surface area contributed by atoms with Gasteiger partial charge in [0.05, 0.1) is 6.54 Å². The maximum Gasteiger partial charge on any atom is 0.253 e. The molecule has 3 rings (SSSR count). The van der Waals surface area contributed by atoms with Crippen LogP contribution >= 0.6 is 12.4 Å². The molecular formula is C18H24ClN3O3. The van der Waals surface area contributed by atoms with Crippen molar-refractivity contribution in [3.8, 4) is 0 Å². The predicted octanol–water partition coefficient (Wildman–Crippen LogP) is 1.58. The molecule has 1 N–H and O–H groups in total. The van der Waals surface area contributed by atoms with E-state index in [0.717, 1.165) is 31.5 Å². The molecule has 6 nitrogen and oxygen atoms in total. The van der Waals surface area contributed by atoms with Crippen LogP contribution in [0.2, 0.25) is 0 Å². The molecule has 2 aliphatic rings. The summed E-state index contributed by atoms with van der Waals surface area (Å²) in [4.78, 5) is 39.1. The second kappa shape index (κ2) is 8.45. The first kappa shape index (κ1) is 19.4. The number of hydrogen-bond acceptors (Lipinski definition) is 4. The maximum absolute atomic E-state index is 12.6. The number of hydrogen-bond donors (Lipinski definition) is 1. The minimum Gasteiger partial charge on any atom is -0.337 e. The number of likely N-dealkylation sites (N-methyl/N-ethyl adjacent to an activating group) is 1. The Morgan fingerprint density at radius 1 is 1.16 bits per heavy atom. The van der Waals surface area contributed by atoms with Crippen LogP contribution in [0, 0.1) is 0 Å². The van der Waals surface area contributed by atoms with Gasteiger partial charge in [0.15, 0.2) is 0 Å². The molecule has 0 radical (unpaired) electrons. The van der Waals surface area contributed by atoms with E-state index < -0.39 is 0 Å². The molecule has 2 heterocycles. The minimum atomic E-state index is -0.119. The van der Waals surface area contributed by atoms with Gasteiger partial charge in [0, 0.05) is 37.5 Å². The van der Waals surface area contributed by atoms with E-state index in [9.17, 15) is 14.4 Å². The molecule has 25 heavy (non-hydrogen) atoms. The highest BCUT2D eigenvalue weighted by Crippen LogP contribution is 2.18. The van der Waals surface area contributed by atoms with Crippen LogP contribution in [-0.4, -0.2) is 53.7 Å². The fourth-order valence-corrected chi connectivity index (χ4v) is 3.31. The van der Waals surface area contributed by atoms with Crippen LogP contribution in [0.3, 0.4) is 0 Å². The fraction of sp³-hybridized carbons (Fsp3) is 0.500. The zero-order valence-electron chi connectivity index (χ0n) is 14.4. The van der Waals surface area contributed by atoms with Crippen molar-refractivity contribution in [1.29, 1.82) is 0 Å². The lowest BCUT2D eigenvalue weighted by atomic mass is 10.0. The van der Waals surface area contributed by atoms with E-state index >= 15 is 0 Å². The number of carbonyl (C=O) groups excluding carboxylic acids is 3. The highest BCUT2D eigenvalue weighted by molar-refractivity contribution is 6.01. The van der Waals surface area contributed by atoms with E-state index in [1.165, 1.54) is 4.90 Å². The summed E-state index contributed by atoms with van der Waals surface area (Å²) < 4.78 is 0. The summed E-state index contributed by atoms with van der Waals surface area (Å²) in [5.41, 5.74) is 1.51. The highest BCUT2D eigenvalue weighted by atomic mass is 35.5. The number of carbonyl (C=O) groups is 3. The summed E-state index contributed by atoms with van der Waals surface area (Å²) in [7, 11) is 1.92. The summed E-state index contributed by atoms with van der Waals surface area (Å²) in [6.45, 7) is 1.81. The van der Waals surface area contributed by atoms with E-state index in [-0.39, 0.29) is 36.7 Å². The molecule has 3 amide bonds. The van der Waals surface area contributed by atoms with Gasteiger partial charge < -0.3 is 10.2 Å². The third-order valence-corrected chi connectivity index (χ3v) is 4.81. The Morgan fingerprint density at radius 3 is 2.40 bits per heavy atom. The van der Waals surface area contributed by atoms with Crippen molar-refractivity contribution in [2.45, 2.75) is 38.3 Å². The molecule has 7 heteroatoms. The van der Waals surface area contributed by atoms with Gasteiger partial charge in [-0.15, -0.1) is 12.4 Å². The Kier molecular flexibility index (Phi) is 6.56. The molecule has 2 fully saturated rings. The van der Waals surface area contributed by atoms with Crippen LogP contribution in [0.15, 0.2) is 24.3 Å². The summed E-state index contributed by atoms with van der Waals surface area (Å²) in [5, 5.41) is 3.23. The van der Waals surface area contributed by atoms with Crippen molar-refractivity contribution < 1.29 is 14.4 Å². The summed E-state index contributed by atoms with van der Waals surface area (Å²) >= 11 is 0. The first-order valence-electron chi connectivity index (χ1n) is 8.47. The number of piperidine rings is 1. The molecule has 0 bridgehead atoms. The predicted molar refractivity (Wildman–Crippen MR) is 96.5 cm³/mol. The Hall–Kier alpha value is -1.92. The summed E-state index contributed by atoms with van der Waals surface area (Å²) in [6.07, 6.45) is 2.71. The van der Waals surface area contributed by atoms with Crippen molar-refractivity contribution in [3.05, 3.63) is 35.4 Å². The number of nitrogens with one attached hydrogen (secondary N) is 1. The average molecular weight is 366 g/mol. The average Bonchev–Trinajstić information content (AvgIpc) is 2.94. The van der Waals surface area contributed by atoms with Crippen molar-refractivity contribution in [3.63, 3.8) is 0 Å². The van der Waals surface area contributed by atoms with Crippen LogP contribution in [0.1, 0.15) is 41.6 Å². The van der Waals surface area contributed by atoms with Crippen LogP contribution in [0.5, 0.6) is 0 Å². The number of imide groups is 1. The molecule has 0 saturated carbocycles. The second-order valence-electron chi connectivity index (χ2n) is 6.45. The monoisotopic (exact) mass is 365 g/mol. The highest BCUT2D eigenvalue weighted by Gasteiger charge is 2.29. The molecule has 136 valence electrons. The summed E-state index contributed by atoms with van der Waals surface area (Å²) in [5.74, 6) is -0.201. The Balaban J connectivity index is 0.00000225. The van der Waals surface area contributed by atoms with Crippen molar-refractivity contribution in [1.82, 2.24) is 15.1 Å². The van der Waals surface area contributed by atoms with Gasteiger partial charge in [0.25, 0.3) is 5.91 Å². The summed E-state index contributed by atoms with van der Waals surface area (Å²) in [6, 6.07) is 7.57. The first-order chi connectivity index (χ1) is 11.6. The second-order valence-corrected chi connectivity index (χ2v) is 6.45. The number of likely N-dealkylation sites (tertiary alicyclic amines) is 2. The molecule has 2 aliphatic heterocycles. The Bertz CT molecular complexity index is 631. The zero-order valence-corrected chi connectivity index (χ0v) is 15.2. The van der Waals surface area contributed by atoms with Crippen LogP contribution in [0.4, 0.5) is 0 Å². The minimum absolute atomic E-state index is 0. The molecule has 1 aromatic rings. The SMILES string of the molecule is CNC1CCCN(C(=O)c2ccc(CN3C(=O)CCC3=O)cc2)C1.Cl.